The fourth-order valence-corrected chi connectivity index (χ4v) is 4.57. The molecule has 0 radical (unpaired) electrons. The SMILES string of the molecule is CCC(O)(C#Cc1ccc(C(CC)(CC)c2ccc(C(=O)NC(C)(C)C(=O)O)c(C)c2)cc1C)CC. The van der Waals surface area contributed by atoms with Gasteiger partial charge in [-0.2, -0.15) is 0 Å². The van der Waals surface area contributed by atoms with Crippen LogP contribution in [0.4, 0.5) is 0 Å². The van der Waals surface area contributed by atoms with Crippen LogP contribution in [0.15, 0.2) is 36.4 Å². The third-order valence-corrected chi connectivity index (χ3v) is 7.57. The molecule has 5 nitrogen and oxygen atoms in total. The van der Waals surface area contributed by atoms with E-state index < -0.39 is 23.0 Å². The Morgan fingerprint density at radius 1 is 0.861 bits per heavy atom. The van der Waals surface area contributed by atoms with Crippen molar-refractivity contribution >= 4 is 11.9 Å². The molecule has 2 aromatic rings. The highest BCUT2D eigenvalue weighted by molar-refractivity contribution is 5.98. The van der Waals surface area contributed by atoms with Crippen LogP contribution in [0.25, 0.3) is 0 Å². The molecule has 0 spiro atoms. The molecule has 0 atom stereocenters. The summed E-state index contributed by atoms with van der Waals surface area (Å²) in [5.74, 6) is 4.74. The average Bonchev–Trinajstić information content (AvgIpc) is 2.84. The second kappa shape index (κ2) is 11.3. The highest BCUT2D eigenvalue weighted by Crippen LogP contribution is 2.40. The van der Waals surface area contributed by atoms with Gasteiger partial charge in [-0.05, 0) is 87.8 Å². The summed E-state index contributed by atoms with van der Waals surface area (Å²) < 4.78 is 0. The third-order valence-electron chi connectivity index (χ3n) is 7.57. The summed E-state index contributed by atoms with van der Waals surface area (Å²) in [6.07, 6.45) is 2.92. The average molecular weight is 492 g/mol. The van der Waals surface area contributed by atoms with Crippen LogP contribution in [0, 0.1) is 25.7 Å². The quantitative estimate of drug-likeness (QED) is 0.381. The molecule has 2 rings (SSSR count). The van der Waals surface area contributed by atoms with Gasteiger partial charge in [-0.15, -0.1) is 0 Å². The second-order valence-electron chi connectivity index (χ2n) is 10.2. The zero-order valence-corrected chi connectivity index (χ0v) is 23.0. The van der Waals surface area contributed by atoms with E-state index in [1.54, 1.807) is 6.07 Å². The zero-order valence-electron chi connectivity index (χ0n) is 23.0. The van der Waals surface area contributed by atoms with Crippen molar-refractivity contribution in [3.63, 3.8) is 0 Å². The Hall–Kier alpha value is -3.10. The standard InChI is InChI=1S/C31H41NO4/c1-9-30(36,10-2)18-17-23-13-14-24(19-21(23)5)31(11-3,12-4)25-15-16-26(22(6)20-25)27(33)32-29(7,8)28(34)35/h13-16,19-20,36H,9-12H2,1-8H3,(H,32,33)(H,34,35). The fraction of sp³-hybridized carbons (Fsp3) is 0.484. The molecule has 36 heavy (non-hydrogen) atoms. The van der Waals surface area contributed by atoms with Crippen molar-refractivity contribution < 1.29 is 19.8 Å². The van der Waals surface area contributed by atoms with Gasteiger partial charge in [0.1, 0.15) is 11.1 Å². The molecule has 3 N–H and O–H groups in total. The lowest BCUT2D eigenvalue weighted by atomic mass is 9.69. The number of aliphatic carboxylic acids is 1. The highest BCUT2D eigenvalue weighted by atomic mass is 16.4. The minimum Gasteiger partial charge on any atom is -0.480 e. The van der Waals surface area contributed by atoms with Crippen LogP contribution in [0.2, 0.25) is 0 Å². The van der Waals surface area contributed by atoms with Gasteiger partial charge in [0.15, 0.2) is 0 Å². The predicted octanol–water partition coefficient (Wildman–Crippen LogP) is 5.91. The summed E-state index contributed by atoms with van der Waals surface area (Å²) in [5, 5.41) is 22.5. The smallest absolute Gasteiger partial charge is 0.328 e. The number of nitrogens with one attached hydrogen (secondary N) is 1. The summed E-state index contributed by atoms with van der Waals surface area (Å²) in [5.41, 5.74) is 2.96. The molecule has 1 amide bonds. The second-order valence-corrected chi connectivity index (χ2v) is 10.2. The van der Waals surface area contributed by atoms with E-state index in [0.717, 1.165) is 35.1 Å². The van der Waals surface area contributed by atoms with Crippen LogP contribution < -0.4 is 5.32 Å². The van der Waals surface area contributed by atoms with Crippen molar-refractivity contribution in [2.24, 2.45) is 0 Å². The minimum absolute atomic E-state index is 0.246. The Bertz CT molecular complexity index is 1170. The summed E-state index contributed by atoms with van der Waals surface area (Å²) in [6.45, 7) is 15.1. The number of rotatable bonds is 9. The fourth-order valence-electron chi connectivity index (χ4n) is 4.57. The largest absolute Gasteiger partial charge is 0.480 e. The Morgan fingerprint density at radius 3 is 1.83 bits per heavy atom. The van der Waals surface area contributed by atoms with Crippen molar-refractivity contribution in [3.8, 4) is 11.8 Å². The van der Waals surface area contributed by atoms with Crippen molar-refractivity contribution in [1.29, 1.82) is 0 Å². The van der Waals surface area contributed by atoms with E-state index >= 15 is 0 Å². The predicted molar refractivity (Wildman–Crippen MR) is 145 cm³/mol. The van der Waals surface area contributed by atoms with Gasteiger partial charge in [0.2, 0.25) is 0 Å². The van der Waals surface area contributed by atoms with E-state index in [-0.39, 0.29) is 5.41 Å². The Kier molecular flexibility index (Phi) is 9.15. The van der Waals surface area contributed by atoms with Crippen molar-refractivity contribution in [1.82, 2.24) is 5.32 Å². The Morgan fingerprint density at radius 2 is 1.39 bits per heavy atom. The van der Waals surface area contributed by atoms with Crippen molar-refractivity contribution in [2.45, 2.75) is 97.6 Å². The van der Waals surface area contributed by atoms with Crippen LogP contribution in [0.1, 0.15) is 105 Å². The molecule has 0 aliphatic carbocycles. The first-order valence-electron chi connectivity index (χ1n) is 12.8. The first kappa shape index (κ1) is 29.1. The highest BCUT2D eigenvalue weighted by Gasteiger charge is 2.33. The molecule has 0 fully saturated rings. The molecule has 0 bridgehead atoms. The van der Waals surface area contributed by atoms with Crippen molar-refractivity contribution in [2.75, 3.05) is 0 Å². The van der Waals surface area contributed by atoms with Gasteiger partial charge in [0, 0.05) is 16.5 Å². The maximum Gasteiger partial charge on any atom is 0.328 e. The zero-order chi connectivity index (χ0) is 27.3. The maximum atomic E-state index is 12.8. The molecule has 5 heteroatoms. The topological polar surface area (TPSA) is 86.6 Å². The number of amides is 1. The number of aliphatic hydroxyl groups is 1. The molecule has 0 saturated carbocycles. The molecule has 0 saturated heterocycles. The van der Waals surface area contributed by atoms with Crippen LogP contribution in [-0.2, 0) is 10.2 Å². The van der Waals surface area contributed by atoms with Crippen molar-refractivity contribution in [3.05, 3.63) is 69.8 Å². The minimum atomic E-state index is -1.36. The molecule has 2 aromatic carbocycles. The lowest BCUT2D eigenvalue weighted by molar-refractivity contribution is -0.143. The van der Waals surface area contributed by atoms with Gasteiger partial charge in [-0.25, -0.2) is 4.79 Å². The number of carbonyl (C=O) groups excluding carboxylic acids is 1. The van der Waals surface area contributed by atoms with Gasteiger partial charge in [0.05, 0.1) is 0 Å². The number of carboxylic acid groups (broad SMARTS) is 1. The van der Waals surface area contributed by atoms with E-state index in [1.807, 2.05) is 45.9 Å². The maximum absolute atomic E-state index is 12.8. The van der Waals surface area contributed by atoms with E-state index in [9.17, 15) is 19.8 Å². The van der Waals surface area contributed by atoms with E-state index in [4.69, 9.17) is 0 Å². The summed E-state index contributed by atoms with van der Waals surface area (Å²) in [6, 6.07) is 12.1. The Balaban J connectivity index is 2.48. The van der Waals surface area contributed by atoms with Gasteiger partial charge >= 0.3 is 5.97 Å². The first-order valence-corrected chi connectivity index (χ1v) is 12.8. The lowest BCUT2D eigenvalue weighted by Gasteiger charge is -2.34. The third kappa shape index (κ3) is 5.99. The number of hydrogen-bond donors (Lipinski definition) is 3. The van der Waals surface area contributed by atoms with Gasteiger partial charge < -0.3 is 15.5 Å². The summed E-state index contributed by atoms with van der Waals surface area (Å²) in [7, 11) is 0. The number of carbonyl (C=O) groups is 2. The number of aryl methyl sites for hydroxylation is 2. The van der Waals surface area contributed by atoms with Crippen LogP contribution in [0.3, 0.4) is 0 Å². The molecular formula is C31H41NO4. The van der Waals surface area contributed by atoms with E-state index in [1.165, 1.54) is 19.4 Å². The normalized spacial score (nSPS) is 12.0. The lowest BCUT2D eigenvalue weighted by Crippen LogP contribution is -2.49. The molecule has 0 heterocycles. The number of hydrogen-bond acceptors (Lipinski definition) is 3. The summed E-state index contributed by atoms with van der Waals surface area (Å²) in [4.78, 5) is 24.2. The van der Waals surface area contributed by atoms with Gasteiger partial charge in [-0.3, -0.25) is 4.79 Å². The van der Waals surface area contributed by atoms with Crippen LogP contribution in [-0.4, -0.2) is 33.2 Å². The van der Waals surface area contributed by atoms with Gasteiger partial charge in [0.25, 0.3) is 5.91 Å². The molecule has 0 aliphatic heterocycles. The molecule has 194 valence electrons. The van der Waals surface area contributed by atoms with E-state index in [0.29, 0.717) is 18.4 Å². The monoisotopic (exact) mass is 491 g/mol. The van der Waals surface area contributed by atoms with E-state index in [2.05, 4.69) is 43.1 Å². The van der Waals surface area contributed by atoms with Gasteiger partial charge in [-0.1, -0.05) is 63.8 Å². The first-order chi connectivity index (χ1) is 16.8. The number of benzene rings is 2. The van der Waals surface area contributed by atoms with Crippen LogP contribution >= 0.6 is 0 Å². The molecule has 0 unspecified atom stereocenters. The summed E-state index contributed by atoms with van der Waals surface area (Å²) >= 11 is 0. The number of carboxylic acids is 1. The Labute approximate surface area is 216 Å². The van der Waals surface area contributed by atoms with Crippen LogP contribution in [0.5, 0.6) is 0 Å². The molecule has 0 aromatic heterocycles. The molecular weight excluding hydrogens is 450 g/mol. The molecule has 0 aliphatic rings.